The van der Waals surface area contributed by atoms with Crippen molar-refractivity contribution in [3.63, 3.8) is 0 Å². The van der Waals surface area contributed by atoms with Crippen LogP contribution in [0.5, 0.6) is 0 Å². The Morgan fingerprint density at radius 1 is 0.524 bits per heavy atom. The Hall–Kier alpha value is -2.96. The zero-order valence-corrected chi connectivity index (χ0v) is 26.5. The van der Waals surface area contributed by atoms with Crippen LogP contribution in [0.15, 0.2) is 84.9 Å². The van der Waals surface area contributed by atoms with E-state index in [1.165, 1.54) is 88.2 Å². The van der Waals surface area contributed by atoms with Gasteiger partial charge in [0.1, 0.15) is 0 Å². The molecule has 222 valence electrons. The Morgan fingerprint density at radius 3 is 1.29 bits per heavy atom. The maximum Gasteiger partial charge on any atom is 0.173 e. The molecule has 5 rings (SSSR count). The summed E-state index contributed by atoms with van der Waals surface area (Å²) in [6.07, 6.45) is 15.2. The molecule has 0 spiro atoms. The van der Waals surface area contributed by atoms with Crippen molar-refractivity contribution >= 4 is 46.0 Å². The van der Waals surface area contributed by atoms with E-state index in [4.69, 9.17) is 24.4 Å². The molecule has 3 aromatic rings. The molecule has 0 atom stereocenters. The summed E-state index contributed by atoms with van der Waals surface area (Å²) in [4.78, 5) is 4.91. The van der Waals surface area contributed by atoms with E-state index in [2.05, 4.69) is 93.2 Å². The lowest BCUT2D eigenvalue weighted by Gasteiger charge is -2.35. The van der Waals surface area contributed by atoms with E-state index in [1.807, 2.05) is 12.1 Å². The van der Waals surface area contributed by atoms with Gasteiger partial charge in [0.15, 0.2) is 10.2 Å². The minimum Gasteiger partial charge on any atom is -0.342 e. The van der Waals surface area contributed by atoms with Crippen molar-refractivity contribution in [2.24, 2.45) is 0 Å². The summed E-state index contributed by atoms with van der Waals surface area (Å²) in [5.74, 6) is 0. The number of anilines is 2. The van der Waals surface area contributed by atoms with Crippen molar-refractivity contribution in [2.45, 2.75) is 102 Å². The van der Waals surface area contributed by atoms with Gasteiger partial charge in [-0.05, 0) is 85.5 Å². The monoisotopic (exact) mass is 598 g/mol. The highest BCUT2D eigenvalue weighted by Gasteiger charge is 2.25. The van der Waals surface area contributed by atoms with E-state index in [0.29, 0.717) is 12.1 Å². The number of para-hydroxylation sites is 2. The number of hydrogen-bond donors (Lipinski definition) is 2. The van der Waals surface area contributed by atoms with Crippen molar-refractivity contribution < 1.29 is 0 Å². The van der Waals surface area contributed by atoms with E-state index >= 15 is 0 Å². The van der Waals surface area contributed by atoms with E-state index in [0.717, 1.165) is 34.7 Å². The molecular weight excluding hydrogens is 553 g/mol. The Labute approximate surface area is 263 Å². The molecule has 0 amide bonds. The summed E-state index contributed by atoms with van der Waals surface area (Å²) in [5.41, 5.74) is 4.70. The van der Waals surface area contributed by atoms with E-state index in [9.17, 15) is 0 Å². The fourth-order valence-corrected chi connectivity index (χ4v) is 7.19. The molecule has 0 heterocycles. The van der Waals surface area contributed by atoms with Crippen molar-refractivity contribution in [3.05, 3.63) is 96.1 Å². The lowest BCUT2D eigenvalue weighted by atomic mass is 10.0. The third-order valence-electron chi connectivity index (χ3n) is 8.80. The molecule has 0 bridgehead atoms. The summed E-state index contributed by atoms with van der Waals surface area (Å²) in [6.45, 7) is 1.63. The first-order valence-corrected chi connectivity index (χ1v) is 16.8. The first kappa shape index (κ1) is 30.5. The second-order valence-corrected chi connectivity index (χ2v) is 12.7. The molecule has 42 heavy (non-hydrogen) atoms. The predicted molar refractivity (Wildman–Crippen MR) is 186 cm³/mol. The van der Waals surface area contributed by atoms with E-state index in [1.54, 1.807) is 0 Å². The second kappa shape index (κ2) is 16.0. The van der Waals surface area contributed by atoms with Crippen LogP contribution >= 0.6 is 24.4 Å². The van der Waals surface area contributed by atoms with Crippen LogP contribution in [0, 0.1) is 0 Å². The van der Waals surface area contributed by atoms with Gasteiger partial charge in [-0.2, -0.15) is 0 Å². The summed E-state index contributed by atoms with van der Waals surface area (Å²) in [7, 11) is 0. The molecule has 6 heteroatoms. The van der Waals surface area contributed by atoms with Gasteiger partial charge in [0.2, 0.25) is 0 Å². The number of nitrogens with zero attached hydrogens (tertiary/aromatic N) is 2. The fourth-order valence-electron chi connectivity index (χ4n) is 6.53. The smallest absolute Gasteiger partial charge is 0.173 e. The zero-order valence-electron chi connectivity index (χ0n) is 24.8. The average Bonchev–Trinajstić information content (AvgIpc) is 3.46. The third-order valence-corrected chi connectivity index (χ3v) is 9.47. The first-order chi connectivity index (χ1) is 20.7. The molecule has 0 aliphatic heterocycles. The Morgan fingerprint density at radius 2 is 0.905 bits per heavy atom. The quantitative estimate of drug-likeness (QED) is 0.198. The average molecular weight is 599 g/mol. The summed E-state index contributed by atoms with van der Waals surface area (Å²) in [5, 5.41) is 8.73. The minimum absolute atomic E-state index is 0.463. The maximum absolute atomic E-state index is 6.06. The van der Waals surface area contributed by atoms with Crippen LogP contribution < -0.4 is 10.6 Å². The van der Waals surface area contributed by atoms with Gasteiger partial charge < -0.3 is 20.4 Å². The molecule has 0 aromatic heterocycles. The summed E-state index contributed by atoms with van der Waals surface area (Å²) in [6, 6.07) is 30.7. The lowest BCUT2D eigenvalue weighted by molar-refractivity contribution is 0.276. The Kier molecular flexibility index (Phi) is 11.6. The van der Waals surface area contributed by atoms with Gasteiger partial charge in [-0.1, -0.05) is 112 Å². The van der Waals surface area contributed by atoms with Gasteiger partial charge >= 0.3 is 0 Å². The molecule has 2 fully saturated rings. The minimum atomic E-state index is 0.463. The van der Waals surface area contributed by atoms with Crippen LogP contribution in [0.1, 0.15) is 88.2 Å². The third kappa shape index (κ3) is 9.02. The highest BCUT2D eigenvalue weighted by molar-refractivity contribution is 7.80. The summed E-state index contributed by atoms with van der Waals surface area (Å²) >= 11 is 12.1. The van der Waals surface area contributed by atoms with Crippen LogP contribution in [0.4, 0.5) is 11.4 Å². The largest absolute Gasteiger partial charge is 0.342 e. The van der Waals surface area contributed by atoms with Crippen molar-refractivity contribution in [1.82, 2.24) is 9.80 Å². The van der Waals surface area contributed by atoms with Crippen molar-refractivity contribution in [3.8, 4) is 0 Å². The van der Waals surface area contributed by atoms with Gasteiger partial charge in [-0.15, -0.1) is 0 Å². The molecule has 0 radical (unpaired) electrons. The van der Waals surface area contributed by atoms with Crippen LogP contribution in [-0.4, -0.2) is 32.1 Å². The number of rotatable bonds is 8. The number of benzene rings is 3. The van der Waals surface area contributed by atoms with E-state index < -0.39 is 0 Å². The van der Waals surface area contributed by atoms with Crippen LogP contribution in [0.25, 0.3) is 0 Å². The topological polar surface area (TPSA) is 30.5 Å². The molecule has 4 nitrogen and oxygen atoms in total. The van der Waals surface area contributed by atoms with Gasteiger partial charge in [-0.25, -0.2) is 0 Å². The summed E-state index contributed by atoms with van der Waals surface area (Å²) < 4.78 is 0. The van der Waals surface area contributed by atoms with Crippen molar-refractivity contribution in [1.29, 1.82) is 0 Å². The van der Waals surface area contributed by atoms with Crippen molar-refractivity contribution in [2.75, 3.05) is 10.6 Å². The number of nitrogens with one attached hydrogen (secondary N) is 2. The number of hydrogen-bond acceptors (Lipinski definition) is 2. The first-order valence-electron chi connectivity index (χ1n) is 16.0. The molecule has 2 aliphatic rings. The highest BCUT2D eigenvalue weighted by Crippen LogP contribution is 2.27. The molecule has 0 unspecified atom stereocenters. The van der Waals surface area contributed by atoms with Crippen LogP contribution in [0.3, 0.4) is 0 Å². The molecule has 0 saturated heterocycles. The standard InChI is InChI=1S/C36H46N4S2/c41-35(37-31-18-7-5-8-19-31)39(33-22-11-1-2-12-23-33)27-29-16-15-17-30(26-29)28-40(34-24-13-3-4-14-25-34)36(42)38-32-20-9-6-10-21-32/h5-10,15-21,26,33-34H,1-4,11-14,22-25,27-28H2,(H,37,41)(H,38,42). The number of thiocarbonyl (C=S) groups is 2. The predicted octanol–water partition coefficient (Wildman–Crippen LogP) is 9.53. The lowest BCUT2D eigenvalue weighted by Crippen LogP contribution is -2.42. The zero-order chi connectivity index (χ0) is 29.0. The maximum atomic E-state index is 6.06. The van der Waals surface area contributed by atoms with Gasteiger partial charge in [-0.3, -0.25) is 0 Å². The molecule has 2 N–H and O–H groups in total. The highest BCUT2D eigenvalue weighted by atomic mass is 32.1. The van der Waals surface area contributed by atoms with Gasteiger partial charge in [0.05, 0.1) is 0 Å². The fraction of sp³-hybridized carbons (Fsp3) is 0.444. The SMILES string of the molecule is S=C(Nc1ccccc1)N(Cc1cccc(CN(C(=S)Nc2ccccc2)C2CCCCCC2)c1)C1CCCCCC1. The van der Waals surface area contributed by atoms with Gasteiger partial charge in [0.25, 0.3) is 0 Å². The second-order valence-electron chi connectivity index (χ2n) is 12.0. The molecule has 2 saturated carbocycles. The Balaban J connectivity index is 1.34. The molecule has 2 aliphatic carbocycles. The van der Waals surface area contributed by atoms with E-state index in [-0.39, 0.29) is 0 Å². The normalized spacial score (nSPS) is 16.6. The van der Waals surface area contributed by atoms with Crippen LogP contribution in [0.2, 0.25) is 0 Å². The Bertz CT molecular complexity index is 1150. The van der Waals surface area contributed by atoms with Crippen LogP contribution in [-0.2, 0) is 13.1 Å². The molecular formula is C36H46N4S2. The van der Waals surface area contributed by atoms with Gasteiger partial charge in [0, 0.05) is 36.5 Å². The molecule has 3 aromatic carbocycles.